The second kappa shape index (κ2) is 7.55. The lowest BCUT2D eigenvalue weighted by molar-refractivity contribution is 0.0696. The van der Waals surface area contributed by atoms with Crippen molar-refractivity contribution in [3.05, 3.63) is 77.1 Å². The number of benzene rings is 3. The average Bonchev–Trinajstić information content (AvgIpc) is 2.66. The topological polar surface area (TPSA) is 135 Å². The van der Waals surface area contributed by atoms with Crippen molar-refractivity contribution in [2.75, 3.05) is 0 Å². The van der Waals surface area contributed by atoms with Gasteiger partial charge in [-0.25, -0.2) is 19.6 Å². The zero-order valence-electron chi connectivity index (χ0n) is 14.5. The molecule has 0 unspecified atom stereocenters. The van der Waals surface area contributed by atoms with Gasteiger partial charge in [0.1, 0.15) is 0 Å². The molecule has 0 aromatic heterocycles. The third-order valence-corrected chi connectivity index (χ3v) is 5.05. The van der Waals surface area contributed by atoms with Crippen LogP contribution in [-0.2, 0) is 0 Å². The second-order valence-corrected chi connectivity index (χ2v) is 6.91. The molecule has 0 fully saturated rings. The van der Waals surface area contributed by atoms with Crippen LogP contribution >= 0.6 is 11.3 Å². The number of carboxylic acids is 2. The summed E-state index contributed by atoms with van der Waals surface area (Å²) in [4.78, 5) is 32.4. The normalized spacial score (nSPS) is 11.4. The van der Waals surface area contributed by atoms with Crippen molar-refractivity contribution < 1.29 is 19.8 Å². The van der Waals surface area contributed by atoms with Crippen LogP contribution in [0.5, 0.6) is 0 Å². The highest BCUT2D eigenvalue weighted by Gasteiger charge is 2.11. The van der Waals surface area contributed by atoms with E-state index >= 15 is 0 Å². The fraction of sp³-hybridized carbons (Fsp3) is 0. The summed E-state index contributed by atoms with van der Waals surface area (Å²) in [6.07, 6.45) is 0. The molecular weight excluding hydrogens is 378 g/mol. The van der Waals surface area contributed by atoms with E-state index < -0.39 is 11.9 Å². The second-order valence-electron chi connectivity index (χ2n) is 5.82. The van der Waals surface area contributed by atoms with E-state index in [2.05, 4.69) is 9.98 Å². The molecule has 2 aromatic rings. The number of hydrogen-bond donors (Lipinski definition) is 3. The van der Waals surface area contributed by atoms with Crippen molar-refractivity contribution in [2.24, 2.45) is 4.99 Å². The van der Waals surface area contributed by atoms with Gasteiger partial charge in [-0.1, -0.05) is 12.1 Å². The number of carbonyl (C=O) groups is 2. The molecule has 1 aliphatic carbocycles. The van der Waals surface area contributed by atoms with Crippen LogP contribution in [0.4, 0.5) is 5.69 Å². The summed E-state index contributed by atoms with van der Waals surface area (Å²) in [6.45, 7) is 0. The largest absolute Gasteiger partial charge is 0.478 e. The van der Waals surface area contributed by atoms with Crippen LogP contribution in [0.3, 0.4) is 0 Å². The van der Waals surface area contributed by atoms with Gasteiger partial charge in [0.25, 0.3) is 0 Å². The van der Waals surface area contributed by atoms with Crippen molar-refractivity contribution in [3.63, 3.8) is 0 Å². The molecule has 7 nitrogen and oxygen atoms in total. The predicted molar refractivity (Wildman–Crippen MR) is 107 cm³/mol. The Bertz CT molecular complexity index is 1220. The van der Waals surface area contributed by atoms with Crippen LogP contribution in [0.2, 0.25) is 0 Å². The molecule has 0 saturated heterocycles. The first-order chi connectivity index (χ1) is 13.0. The summed E-state index contributed by atoms with van der Waals surface area (Å²) >= 11 is 1.58. The molecule has 1 heterocycles. The van der Waals surface area contributed by atoms with Crippen LogP contribution in [0.1, 0.15) is 20.7 Å². The molecule has 4 rings (SSSR count). The maximum Gasteiger partial charge on any atom is 0.335 e. The van der Waals surface area contributed by atoms with E-state index in [-0.39, 0.29) is 23.0 Å². The Kier molecular flexibility index (Phi) is 5.16. The van der Waals surface area contributed by atoms with Gasteiger partial charge in [0, 0.05) is 0 Å². The molecule has 28 heavy (non-hydrogen) atoms. The van der Waals surface area contributed by atoms with Gasteiger partial charge in [-0.05, 0) is 48.5 Å². The Morgan fingerprint density at radius 1 is 0.893 bits per heavy atom. The first-order valence-corrected chi connectivity index (χ1v) is 8.77. The highest BCUT2D eigenvalue weighted by atomic mass is 32.1. The SMILES string of the molecule is N.O=C(O)c1cc(/N=c2\ccc3nc4ccccc4sc-3c2)cc(C(=O)O)c1. The third kappa shape index (κ3) is 3.73. The Balaban J connectivity index is 0.00000225. The molecule has 0 radical (unpaired) electrons. The molecule has 0 spiro atoms. The van der Waals surface area contributed by atoms with Crippen LogP contribution in [0.15, 0.2) is 65.7 Å². The molecule has 0 amide bonds. The Labute approximate surface area is 163 Å². The minimum Gasteiger partial charge on any atom is -0.478 e. The summed E-state index contributed by atoms with van der Waals surface area (Å²) in [5.74, 6) is -2.41. The number of hydrogen-bond acceptors (Lipinski definition) is 6. The molecule has 5 N–H and O–H groups in total. The van der Waals surface area contributed by atoms with Crippen molar-refractivity contribution in [2.45, 2.75) is 0 Å². The van der Waals surface area contributed by atoms with E-state index in [1.807, 2.05) is 36.4 Å². The van der Waals surface area contributed by atoms with E-state index in [1.54, 1.807) is 17.4 Å². The summed E-state index contributed by atoms with van der Waals surface area (Å²) in [6, 6.07) is 17.1. The van der Waals surface area contributed by atoms with Gasteiger partial charge >= 0.3 is 11.9 Å². The third-order valence-electron chi connectivity index (χ3n) is 3.94. The van der Waals surface area contributed by atoms with Gasteiger partial charge < -0.3 is 16.4 Å². The van der Waals surface area contributed by atoms with Crippen molar-refractivity contribution in [1.29, 1.82) is 0 Å². The number of fused-ring (bicyclic) bond motifs is 2. The van der Waals surface area contributed by atoms with E-state index in [0.29, 0.717) is 5.36 Å². The number of aromatic nitrogens is 1. The zero-order chi connectivity index (χ0) is 19.0. The number of aromatic carboxylic acids is 2. The van der Waals surface area contributed by atoms with E-state index in [9.17, 15) is 19.8 Å². The van der Waals surface area contributed by atoms with E-state index in [0.717, 1.165) is 26.9 Å². The van der Waals surface area contributed by atoms with Crippen molar-refractivity contribution >= 4 is 39.2 Å². The molecule has 0 bridgehead atoms. The maximum atomic E-state index is 11.2. The molecule has 0 atom stereocenters. The zero-order valence-corrected chi connectivity index (χ0v) is 15.3. The van der Waals surface area contributed by atoms with Gasteiger partial charge in [-0.15, -0.1) is 11.3 Å². The molecule has 2 aliphatic rings. The summed E-state index contributed by atoms with van der Waals surface area (Å²) in [5.41, 5.74) is 1.78. The maximum absolute atomic E-state index is 11.2. The molecular formula is C20H15N3O4S. The number of nitrogens with zero attached hydrogens (tertiary/aromatic N) is 2. The monoisotopic (exact) mass is 393 g/mol. The van der Waals surface area contributed by atoms with Gasteiger partial charge in [0.15, 0.2) is 0 Å². The van der Waals surface area contributed by atoms with Gasteiger partial charge in [0.05, 0.1) is 43.0 Å². The first kappa shape index (κ1) is 19.2. The van der Waals surface area contributed by atoms with Crippen LogP contribution in [0, 0.1) is 0 Å². The smallest absolute Gasteiger partial charge is 0.335 e. The lowest BCUT2D eigenvalue weighted by Gasteiger charge is -2.06. The predicted octanol–water partition coefficient (Wildman–Crippen LogP) is 4.19. The van der Waals surface area contributed by atoms with Crippen LogP contribution < -0.4 is 11.5 Å². The standard InChI is InChI=1S/C20H12N2O4S.H3N/c23-19(24)11-7-12(20(25)26)9-14(8-11)21-13-5-6-16-18(10-13)27-17-4-2-1-3-15(17)22-16;/h1-10H,(H,23,24)(H,25,26);1H3/b21-13+;. The van der Waals surface area contributed by atoms with Crippen LogP contribution in [0.25, 0.3) is 20.8 Å². The Morgan fingerprint density at radius 2 is 1.57 bits per heavy atom. The Hall–Kier alpha value is -3.62. The molecule has 1 aliphatic heterocycles. The van der Waals surface area contributed by atoms with Crippen molar-refractivity contribution in [3.8, 4) is 10.6 Å². The molecule has 8 heteroatoms. The molecule has 0 saturated carbocycles. The van der Waals surface area contributed by atoms with E-state index in [4.69, 9.17) is 0 Å². The van der Waals surface area contributed by atoms with E-state index in [1.165, 1.54) is 12.1 Å². The average molecular weight is 393 g/mol. The van der Waals surface area contributed by atoms with Gasteiger partial charge in [0.2, 0.25) is 0 Å². The fourth-order valence-electron chi connectivity index (χ4n) is 2.70. The first-order valence-electron chi connectivity index (χ1n) is 7.96. The minimum atomic E-state index is -1.20. The summed E-state index contributed by atoms with van der Waals surface area (Å²) in [5, 5.41) is 19.0. The quantitative estimate of drug-likeness (QED) is 0.447. The Morgan fingerprint density at radius 3 is 2.25 bits per heavy atom. The number of para-hydroxylation sites is 1. The highest BCUT2D eigenvalue weighted by Crippen LogP contribution is 2.29. The lowest BCUT2D eigenvalue weighted by atomic mass is 10.1. The molecule has 140 valence electrons. The minimum absolute atomic E-state index is 0. The highest BCUT2D eigenvalue weighted by molar-refractivity contribution is 7.21. The molecule has 2 aromatic carbocycles. The summed E-state index contributed by atoms with van der Waals surface area (Å²) < 4.78 is 1.04. The van der Waals surface area contributed by atoms with Gasteiger partial charge in [-0.3, -0.25) is 0 Å². The summed E-state index contributed by atoms with van der Waals surface area (Å²) in [7, 11) is 0. The van der Waals surface area contributed by atoms with Gasteiger partial charge in [-0.2, -0.15) is 0 Å². The number of rotatable bonds is 3. The fourth-order valence-corrected chi connectivity index (χ4v) is 3.70. The number of carboxylic acid groups (broad SMARTS) is 2. The van der Waals surface area contributed by atoms with Crippen molar-refractivity contribution in [1.82, 2.24) is 11.1 Å². The lowest BCUT2D eigenvalue weighted by Crippen LogP contribution is -2.04. The van der Waals surface area contributed by atoms with Crippen LogP contribution in [-0.4, -0.2) is 27.1 Å².